The Morgan fingerprint density at radius 1 is 0.237 bits per heavy atom. The third kappa shape index (κ3) is 14.9. The zero-order valence-electron chi connectivity index (χ0n) is 54.6. The predicted molar refractivity (Wildman–Crippen MR) is 336 cm³/mol. The van der Waals surface area contributed by atoms with E-state index in [-0.39, 0.29) is 0 Å². The lowest BCUT2D eigenvalue weighted by atomic mass is 9.99. The summed E-state index contributed by atoms with van der Waals surface area (Å²) in [6.07, 6.45) is 0. The van der Waals surface area contributed by atoms with Gasteiger partial charge in [-0.2, -0.15) is 22.8 Å². The Morgan fingerprint density at radius 3 is 0.825 bits per heavy atom. The molecule has 5 heterocycles. The number of rotatable bonds is 5. The summed E-state index contributed by atoms with van der Waals surface area (Å²) in [4.78, 5) is 0. The largest absolute Gasteiger partial charge is 0.212 e. The van der Waals surface area contributed by atoms with Crippen LogP contribution < -0.4 is 22.8 Å². The lowest BCUT2D eigenvalue weighted by molar-refractivity contribution is -0.666. The molecule has 0 aliphatic heterocycles. The summed E-state index contributed by atoms with van der Waals surface area (Å²) in [6.45, 7) is 27.8. The van der Waals surface area contributed by atoms with Crippen LogP contribution in [0.2, 0.25) is 0 Å². The van der Waals surface area contributed by atoms with Gasteiger partial charge in [-0.3, -0.25) is 0 Å². The van der Waals surface area contributed by atoms with E-state index in [4.69, 9.17) is 4.11 Å². The molecule has 0 saturated heterocycles. The second-order valence-electron chi connectivity index (χ2n) is 21.8. The summed E-state index contributed by atoms with van der Waals surface area (Å²) in [7, 11) is 10.5. The van der Waals surface area contributed by atoms with Gasteiger partial charge in [0.25, 0.3) is 0 Å². The maximum Gasteiger partial charge on any atom is 0.212 e. The summed E-state index contributed by atoms with van der Waals surface area (Å²) in [5, 5.41) is 0. The van der Waals surface area contributed by atoms with Gasteiger partial charge in [0.05, 0.1) is 11.1 Å². The molecule has 0 aliphatic rings. The third-order valence-corrected chi connectivity index (χ3v) is 15.7. The van der Waals surface area contributed by atoms with Crippen molar-refractivity contribution in [2.45, 2.75) is 104 Å². The summed E-state index contributed by atoms with van der Waals surface area (Å²) in [5.74, 6) is 0. The molecule has 5 aromatic carbocycles. The van der Waals surface area contributed by atoms with E-state index in [0.717, 1.165) is 22.5 Å². The number of aryl methyl sites for hydroxylation is 15. The maximum atomic E-state index is 7.45. The van der Waals surface area contributed by atoms with E-state index < -0.39 is 6.85 Å². The molecule has 5 heteroatoms. The molecule has 0 amide bonds. The number of benzene rings is 5. The van der Waals surface area contributed by atoms with E-state index in [1.807, 2.05) is 32.2 Å². The summed E-state index contributed by atoms with van der Waals surface area (Å²) in [6, 6.07) is 63.3. The Balaban J connectivity index is 0.000000167. The van der Waals surface area contributed by atoms with Gasteiger partial charge in [0, 0.05) is 116 Å². The van der Waals surface area contributed by atoms with Crippen LogP contribution in [0.4, 0.5) is 0 Å². The highest BCUT2D eigenvalue weighted by Gasteiger charge is 2.19. The molecule has 410 valence electrons. The smallest absolute Gasteiger partial charge is 0.199 e. The molecule has 5 aromatic heterocycles. The summed E-state index contributed by atoms with van der Waals surface area (Å²) in [5.41, 5.74) is 30.9. The van der Waals surface area contributed by atoms with Gasteiger partial charge in [-0.05, 0) is 157 Å². The minimum absolute atomic E-state index is 0.393. The molecule has 0 unspecified atom stereocenters. The fraction of sp³-hybridized carbons (Fsp3) is 0.267. The Labute approximate surface area is 486 Å². The van der Waals surface area contributed by atoms with Gasteiger partial charge in [-0.15, -0.1) is 0 Å². The quantitative estimate of drug-likeness (QED) is 0.153. The predicted octanol–water partition coefficient (Wildman–Crippen LogP) is 15.5. The molecular formula is C75H90N5+5. The molecule has 80 heavy (non-hydrogen) atoms. The van der Waals surface area contributed by atoms with E-state index in [1.165, 1.54) is 112 Å². The SMILES string of the molecule is Cc1ccc(C)c(-c2cccc(C)[n+]2C)c1.Cc1ccc(C)c(-c2cccc(C)[n+]2C)c1.Cc1cccc(C)c1-c1cccc(C)[n+]1C.Cc1cccc(C)c1-c1cccc(C)[n+]1C.[2H]C([2H])([2H])c1ccc(-c2cccc(C)[n+]2C)c(C)c1. The van der Waals surface area contributed by atoms with Gasteiger partial charge in [-0.25, -0.2) is 0 Å². The highest BCUT2D eigenvalue weighted by molar-refractivity contribution is 5.67. The first-order valence-electron chi connectivity index (χ1n) is 29.4. The monoisotopic (exact) mass is 1060 g/mol. The Kier molecular flexibility index (Phi) is 19.5. The van der Waals surface area contributed by atoms with Crippen LogP contribution in [-0.4, -0.2) is 0 Å². The highest BCUT2D eigenvalue weighted by Crippen LogP contribution is 2.27. The van der Waals surface area contributed by atoms with Crippen LogP contribution in [0, 0.1) is 104 Å². The number of nitrogens with zero attached hydrogens (tertiary/aromatic N) is 5. The number of hydrogen-bond acceptors (Lipinski definition) is 0. The van der Waals surface area contributed by atoms with E-state index >= 15 is 0 Å². The van der Waals surface area contributed by atoms with Gasteiger partial charge < -0.3 is 0 Å². The first-order valence-corrected chi connectivity index (χ1v) is 27.9. The second kappa shape index (κ2) is 27.6. The van der Waals surface area contributed by atoms with Crippen LogP contribution in [0.3, 0.4) is 0 Å². The number of aromatic nitrogens is 5. The first-order chi connectivity index (χ1) is 39.2. The minimum Gasteiger partial charge on any atom is -0.199 e. The van der Waals surface area contributed by atoms with Gasteiger partial charge in [0.2, 0.25) is 28.5 Å². The van der Waals surface area contributed by atoms with E-state index in [0.29, 0.717) is 5.56 Å². The lowest BCUT2D eigenvalue weighted by Gasteiger charge is -2.08. The van der Waals surface area contributed by atoms with Gasteiger partial charge in [0.1, 0.15) is 35.2 Å². The fourth-order valence-electron chi connectivity index (χ4n) is 10.2. The molecule has 5 nitrogen and oxygen atoms in total. The molecule has 0 spiro atoms. The lowest BCUT2D eigenvalue weighted by Crippen LogP contribution is -2.34. The minimum atomic E-state index is -2.04. The Hall–Kier alpha value is -8.15. The summed E-state index contributed by atoms with van der Waals surface area (Å²) < 4.78 is 33.4. The third-order valence-electron chi connectivity index (χ3n) is 15.7. The van der Waals surface area contributed by atoms with Crippen LogP contribution in [-0.2, 0) is 35.2 Å². The standard InChI is InChI=1S/5C15H18N/c2*1-11-7-5-8-12(2)15(11)14-10-6-9-13(3)16(14)4;1-11-8-9-14(12(2)10-11)15-7-5-6-13(3)16(15)4;2*1-11-8-9-12(2)14(10-11)15-7-5-6-13(3)16(15)4/h5*5-10H,1-4H3/q5*+1/i;;1D3;;. The van der Waals surface area contributed by atoms with Crippen molar-refractivity contribution < 1.29 is 26.9 Å². The molecule has 0 atom stereocenters. The van der Waals surface area contributed by atoms with E-state index in [2.05, 4.69) is 293 Å². The Morgan fingerprint density at radius 2 is 0.512 bits per heavy atom. The Bertz CT molecular complexity index is 3670. The van der Waals surface area contributed by atoms with Crippen molar-refractivity contribution in [1.29, 1.82) is 0 Å². The van der Waals surface area contributed by atoms with E-state index in [1.54, 1.807) is 12.1 Å². The molecule has 0 radical (unpaired) electrons. The zero-order valence-corrected chi connectivity index (χ0v) is 51.6. The second-order valence-corrected chi connectivity index (χ2v) is 21.8. The van der Waals surface area contributed by atoms with Crippen LogP contribution in [0.15, 0.2) is 182 Å². The van der Waals surface area contributed by atoms with Crippen molar-refractivity contribution in [2.75, 3.05) is 0 Å². The van der Waals surface area contributed by atoms with Crippen LogP contribution >= 0.6 is 0 Å². The van der Waals surface area contributed by atoms with Crippen molar-refractivity contribution >= 4 is 0 Å². The van der Waals surface area contributed by atoms with Gasteiger partial charge >= 0.3 is 0 Å². The number of hydrogen-bond donors (Lipinski definition) is 0. The molecule has 0 saturated carbocycles. The molecule has 10 rings (SSSR count). The average Bonchev–Trinajstić information content (AvgIpc) is 3.50. The highest BCUT2D eigenvalue weighted by atomic mass is 15.0. The molecule has 10 aromatic rings. The topological polar surface area (TPSA) is 19.4 Å². The van der Waals surface area contributed by atoms with Gasteiger partial charge in [0.15, 0.2) is 28.5 Å². The fourth-order valence-corrected chi connectivity index (χ4v) is 10.2. The van der Waals surface area contributed by atoms with Crippen LogP contribution in [0.5, 0.6) is 0 Å². The number of pyridine rings is 5. The molecule has 0 fully saturated rings. The molecule has 0 aliphatic carbocycles. The maximum absolute atomic E-state index is 7.45. The first kappa shape index (κ1) is 56.6. The van der Waals surface area contributed by atoms with Crippen molar-refractivity contribution in [3.8, 4) is 56.3 Å². The van der Waals surface area contributed by atoms with Crippen molar-refractivity contribution in [3.63, 3.8) is 0 Å². The normalized spacial score (nSPS) is 11.2. The van der Waals surface area contributed by atoms with Gasteiger partial charge in [-0.1, -0.05) is 89.5 Å². The summed E-state index contributed by atoms with van der Waals surface area (Å²) >= 11 is 0. The average molecular weight is 1060 g/mol. The van der Waals surface area contributed by atoms with Crippen molar-refractivity contribution in [3.05, 3.63) is 266 Å². The molecule has 0 bridgehead atoms. The molecule has 0 N–H and O–H groups in total. The van der Waals surface area contributed by atoms with Crippen LogP contribution in [0.25, 0.3) is 56.3 Å². The van der Waals surface area contributed by atoms with Crippen molar-refractivity contribution in [1.82, 2.24) is 0 Å². The van der Waals surface area contributed by atoms with Crippen molar-refractivity contribution in [2.24, 2.45) is 35.2 Å². The molecular weight excluding hydrogens is 971 g/mol. The van der Waals surface area contributed by atoms with Crippen LogP contribution in [0.1, 0.15) is 88.2 Å². The van der Waals surface area contributed by atoms with E-state index in [9.17, 15) is 0 Å². The zero-order chi connectivity index (χ0) is 61.0.